The van der Waals surface area contributed by atoms with Gasteiger partial charge < -0.3 is 10.1 Å². The summed E-state index contributed by atoms with van der Waals surface area (Å²) in [4.78, 5) is 34.9. The van der Waals surface area contributed by atoms with E-state index in [1.165, 1.54) is 7.11 Å². The van der Waals surface area contributed by atoms with E-state index in [4.69, 9.17) is 4.74 Å². The summed E-state index contributed by atoms with van der Waals surface area (Å²) in [7, 11) is 3.25. The second-order valence-electron chi connectivity index (χ2n) is 7.50. The average molecular weight is 408 g/mol. The fourth-order valence-corrected chi connectivity index (χ4v) is 3.65. The first kappa shape index (κ1) is 20.0. The number of rotatable bonds is 5. The number of hydrogen-bond donors (Lipinski definition) is 1. The van der Waals surface area contributed by atoms with Gasteiger partial charge in [-0.15, -0.1) is 0 Å². The van der Waals surface area contributed by atoms with Crippen molar-refractivity contribution >= 4 is 28.5 Å². The number of piperidine rings is 1. The number of methoxy groups -OCH3 is 1. The lowest BCUT2D eigenvalue weighted by molar-refractivity contribution is -0.142. The smallest absolute Gasteiger partial charge is 0.319 e. The summed E-state index contributed by atoms with van der Waals surface area (Å²) in [5, 5.41) is 8.97. The molecule has 156 valence electrons. The molecule has 0 aliphatic carbocycles. The molecule has 0 unspecified atom stereocenters. The number of esters is 1. The van der Waals surface area contributed by atoms with E-state index in [2.05, 4.69) is 20.4 Å². The van der Waals surface area contributed by atoms with Gasteiger partial charge in [-0.05, 0) is 43.5 Å². The van der Waals surface area contributed by atoms with Crippen LogP contribution in [0.25, 0.3) is 22.0 Å². The van der Waals surface area contributed by atoms with Crippen molar-refractivity contribution in [2.24, 2.45) is 13.0 Å². The Morgan fingerprint density at radius 1 is 1.13 bits per heavy atom. The number of ether oxygens (including phenoxy) is 1. The van der Waals surface area contributed by atoms with Crippen molar-refractivity contribution in [3.05, 3.63) is 36.9 Å². The molecule has 1 amide bonds. The van der Waals surface area contributed by atoms with Gasteiger partial charge in [-0.1, -0.05) is 0 Å². The van der Waals surface area contributed by atoms with Gasteiger partial charge >= 0.3 is 5.97 Å². The first-order chi connectivity index (χ1) is 14.5. The van der Waals surface area contributed by atoms with E-state index in [1.54, 1.807) is 23.3 Å². The maximum Gasteiger partial charge on any atom is 0.319 e. The summed E-state index contributed by atoms with van der Waals surface area (Å²) in [6.45, 7) is 1.65. The third kappa shape index (κ3) is 4.46. The molecule has 0 saturated carbocycles. The van der Waals surface area contributed by atoms with Crippen molar-refractivity contribution < 1.29 is 14.3 Å². The van der Waals surface area contributed by atoms with Gasteiger partial charge in [0, 0.05) is 42.5 Å². The lowest BCUT2D eigenvalue weighted by Crippen LogP contribution is -2.40. The quantitative estimate of drug-likeness (QED) is 0.643. The van der Waals surface area contributed by atoms with Crippen LogP contribution in [-0.4, -0.2) is 63.3 Å². The highest BCUT2D eigenvalue weighted by Crippen LogP contribution is 2.24. The Labute approximate surface area is 174 Å². The lowest BCUT2D eigenvalue weighted by atomic mass is 9.96. The zero-order valence-electron chi connectivity index (χ0n) is 17.0. The maximum absolute atomic E-state index is 12.7. The Hall–Kier alpha value is -3.33. The predicted octanol–water partition coefficient (Wildman–Crippen LogP) is 1.85. The number of carbonyl (C=O) groups is 2. The first-order valence-electron chi connectivity index (χ1n) is 9.86. The number of anilines is 1. The molecule has 1 aliphatic rings. The van der Waals surface area contributed by atoms with Gasteiger partial charge in [0.2, 0.25) is 5.91 Å². The van der Waals surface area contributed by atoms with Crippen LogP contribution >= 0.6 is 0 Å². The Kier molecular flexibility index (Phi) is 5.71. The minimum absolute atomic E-state index is 0.0406. The van der Waals surface area contributed by atoms with Crippen molar-refractivity contribution in [3.8, 4) is 11.3 Å². The highest BCUT2D eigenvalue weighted by Gasteiger charge is 2.26. The highest BCUT2D eigenvalue weighted by atomic mass is 16.5. The SMILES string of the molecule is COC(=O)CN1CCC(C(=O)Nc2cc3cc(-c4cnn(C)c4)ncc3cn2)CC1. The van der Waals surface area contributed by atoms with Crippen LogP contribution in [0.1, 0.15) is 12.8 Å². The number of nitrogens with zero attached hydrogens (tertiary/aromatic N) is 5. The van der Waals surface area contributed by atoms with E-state index in [-0.39, 0.29) is 24.3 Å². The van der Waals surface area contributed by atoms with Crippen LogP contribution in [0.15, 0.2) is 36.9 Å². The topological polar surface area (TPSA) is 102 Å². The van der Waals surface area contributed by atoms with Crippen molar-refractivity contribution in [2.45, 2.75) is 12.8 Å². The maximum atomic E-state index is 12.7. The number of likely N-dealkylation sites (tertiary alicyclic amines) is 1. The Morgan fingerprint density at radius 2 is 1.90 bits per heavy atom. The summed E-state index contributed by atoms with van der Waals surface area (Å²) < 4.78 is 6.43. The van der Waals surface area contributed by atoms with Gasteiger partial charge in [0.05, 0.1) is 25.5 Å². The van der Waals surface area contributed by atoms with Crippen LogP contribution in [0.4, 0.5) is 5.82 Å². The number of nitrogens with one attached hydrogen (secondary N) is 1. The molecular weight excluding hydrogens is 384 g/mol. The third-order valence-electron chi connectivity index (χ3n) is 5.39. The van der Waals surface area contributed by atoms with Gasteiger partial charge in [-0.25, -0.2) is 4.98 Å². The number of pyridine rings is 2. The summed E-state index contributed by atoms with van der Waals surface area (Å²) in [6.07, 6.45) is 8.56. The normalized spacial score (nSPS) is 15.3. The van der Waals surface area contributed by atoms with Crippen molar-refractivity contribution in [1.82, 2.24) is 24.6 Å². The van der Waals surface area contributed by atoms with Crippen LogP contribution < -0.4 is 5.32 Å². The molecule has 9 heteroatoms. The highest BCUT2D eigenvalue weighted by molar-refractivity contribution is 5.94. The first-order valence-corrected chi connectivity index (χ1v) is 9.86. The Bertz CT molecular complexity index is 1070. The summed E-state index contributed by atoms with van der Waals surface area (Å²) in [5.74, 6) is 0.132. The van der Waals surface area contributed by atoms with Gasteiger partial charge in [0.1, 0.15) is 5.82 Å². The van der Waals surface area contributed by atoms with Gasteiger partial charge in [0.25, 0.3) is 0 Å². The molecule has 4 rings (SSSR count). The Morgan fingerprint density at radius 3 is 2.60 bits per heavy atom. The third-order valence-corrected chi connectivity index (χ3v) is 5.39. The van der Waals surface area contributed by atoms with Crippen LogP contribution in [0.2, 0.25) is 0 Å². The van der Waals surface area contributed by atoms with E-state index >= 15 is 0 Å². The second-order valence-corrected chi connectivity index (χ2v) is 7.50. The van der Waals surface area contributed by atoms with Gasteiger partial charge in [-0.3, -0.25) is 24.2 Å². The molecule has 3 aromatic heterocycles. The van der Waals surface area contributed by atoms with Crippen LogP contribution in [0.5, 0.6) is 0 Å². The summed E-state index contributed by atoms with van der Waals surface area (Å²) in [5.41, 5.74) is 1.75. The van der Waals surface area contributed by atoms with Crippen molar-refractivity contribution in [2.75, 3.05) is 32.1 Å². The number of fused-ring (bicyclic) bond motifs is 1. The molecule has 9 nitrogen and oxygen atoms in total. The number of aryl methyl sites for hydroxylation is 1. The van der Waals surface area contributed by atoms with E-state index in [1.807, 2.05) is 30.3 Å². The minimum atomic E-state index is -0.251. The van der Waals surface area contributed by atoms with Crippen molar-refractivity contribution in [1.29, 1.82) is 0 Å². The van der Waals surface area contributed by atoms with E-state index < -0.39 is 0 Å². The standard InChI is InChI=1S/C21H24N6O3/c1-26-12-17(11-24-26)18-7-15-8-19(23-10-16(15)9-22-18)25-21(29)14-3-5-27(6-4-14)13-20(28)30-2/h7-12,14H,3-6,13H2,1-2H3,(H,23,25,29). The zero-order valence-corrected chi connectivity index (χ0v) is 17.0. The average Bonchev–Trinajstić information content (AvgIpc) is 3.20. The monoisotopic (exact) mass is 408 g/mol. The predicted molar refractivity (Wildman–Crippen MR) is 112 cm³/mol. The number of hydrogen-bond acceptors (Lipinski definition) is 7. The van der Waals surface area contributed by atoms with Crippen molar-refractivity contribution in [3.63, 3.8) is 0 Å². The minimum Gasteiger partial charge on any atom is -0.468 e. The molecule has 30 heavy (non-hydrogen) atoms. The molecule has 3 aromatic rings. The molecule has 1 fully saturated rings. The number of carbonyl (C=O) groups excluding carboxylic acids is 2. The largest absolute Gasteiger partial charge is 0.468 e. The molecule has 0 bridgehead atoms. The van der Waals surface area contributed by atoms with Crippen LogP contribution in [0, 0.1) is 5.92 Å². The molecule has 1 saturated heterocycles. The lowest BCUT2D eigenvalue weighted by Gasteiger charge is -2.30. The van der Waals surface area contributed by atoms with Gasteiger partial charge in [-0.2, -0.15) is 5.10 Å². The fraction of sp³-hybridized carbons (Fsp3) is 0.381. The van der Waals surface area contributed by atoms with E-state index in [9.17, 15) is 9.59 Å². The van der Waals surface area contributed by atoms with E-state index in [0.29, 0.717) is 31.7 Å². The molecule has 1 aliphatic heterocycles. The molecule has 1 N–H and O–H groups in total. The second kappa shape index (κ2) is 8.58. The van der Waals surface area contributed by atoms with Gasteiger partial charge in [0.15, 0.2) is 0 Å². The zero-order chi connectivity index (χ0) is 21.1. The number of amides is 1. The molecule has 4 heterocycles. The number of aromatic nitrogens is 4. The summed E-state index contributed by atoms with van der Waals surface area (Å²) in [6, 6.07) is 3.83. The van der Waals surface area contributed by atoms with E-state index in [0.717, 1.165) is 22.0 Å². The fourth-order valence-electron chi connectivity index (χ4n) is 3.65. The molecule has 0 radical (unpaired) electrons. The van der Waals surface area contributed by atoms with Crippen LogP contribution in [0.3, 0.4) is 0 Å². The molecule has 0 atom stereocenters. The molecular formula is C21H24N6O3. The summed E-state index contributed by atoms with van der Waals surface area (Å²) >= 11 is 0. The molecule has 0 aromatic carbocycles. The van der Waals surface area contributed by atoms with Crippen LogP contribution in [-0.2, 0) is 21.4 Å². The molecule has 0 spiro atoms. The Balaban J connectivity index is 1.42.